The van der Waals surface area contributed by atoms with Crippen molar-refractivity contribution >= 4 is 21.7 Å². The van der Waals surface area contributed by atoms with Crippen LogP contribution < -0.4 is 5.32 Å². The number of ether oxygens (including phenoxy) is 1. The van der Waals surface area contributed by atoms with Gasteiger partial charge in [-0.2, -0.15) is 0 Å². The lowest BCUT2D eigenvalue weighted by molar-refractivity contribution is 0.0988. The van der Waals surface area contributed by atoms with Gasteiger partial charge in [0.25, 0.3) is 0 Å². The maximum absolute atomic E-state index is 11.8. The van der Waals surface area contributed by atoms with E-state index < -0.39 is 0 Å². The number of hydrogen-bond donors (Lipinski definition) is 1. The van der Waals surface area contributed by atoms with Gasteiger partial charge >= 0.3 is 0 Å². The first kappa shape index (κ1) is 12.4. The van der Waals surface area contributed by atoms with Gasteiger partial charge in [0.05, 0.1) is 13.2 Å². The molecule has 0 spiro atoms. The van der Waals surface area contributed by atoms with Gasteiger partial charge in [0.2, 0.25) is 0 Å². The molecule has 3 nitrogen and oxygen atoms in total. The van der Waals surface area contributed by atoms with Gasteiger partial charge in [0, 0.05) is 17.1 Å². The van der Waals surface area contributed by atoms with Crippen LogP contribution in [0.4, 0.5) is 0 Å². The standard InChI is InChI=1S/C11H14BrNO2/c1-13-6-10(14)11-8(7-15-2)4-3-5-9(11)12/h3-5,13H,6-7H2,1-2H3. The van der Waals surface area contributed by atoms with Crippen molar-refractivity contribution in [3.63, 3.8) is 0 Å². The van der Waals surface area contributed by atoms with Crippen LogP contribution >= 0.6 is 15.9 Å². The Morgan fingerprint density at radius 2 is 2.27 bits per heavy atom. The van der Waals surface area contributed by atoms with Crippen molar-refractivity contribution in [2.45, 2.75) is 6.61 Å². The summed E-state index contributed by atoms with van der Waals surface area (Å²) in [6.07, 6.45) is 0. The molecule has 0 aliphatic carbocycles. The molecule has 0 atom stereocenters. The van der Waals surface area contributed by atoms with Gasteiger partial charge in [-0.25, -0.2) is 0 Å². The van der Waals surface area contributed by atoms with Crippen molar-refractivity contribution in [1.29, 1.82) is 0 Å². The van der Waals surface area contributed by atoms with Crippen LogP contribution in [0.15, 0.2) is 22.7 Å². The molecule has 15 heavy (non-hydrogen) atoms. The maximum Gasteiger partial charge on any atom is 0.178 e. The summed E-state index contributed by atoms with van der Waals surface area (Å²) in [7, 11) is 3.37. The van der Waals surface area contributed by atoms with Crippen molar-refractivity contribution in [2.24, 2.45) is 0 Å². The molecule has 0 amide bonds. The molecule has 0 fully saturated rings. The Labute approximate surface area is 97.9 Å². The molecule has 0 aromatic heterocycles. The number of benzene rings is 1. The van der Waals surface area contributed by atoms with Crippen LogP contribution in [0.5, 0.6) is 0 Å². The minimum atomic E-state index is 0.0667. The molecule has 82 valence electrons. The Hall–Kier alpha value is -0.710. The van der Waals surface area contributed by atoms with Crippen LogP contribution in [0.3, 0.4) is 0 Å². The molecule has 0 saturated heterocycles. The molecule has 1 aromatic rings. The van der Waals surface area contributed by atoms with E-state index in [0.717, 1.165) is 10.0 Å². The lowest BCUT2D eigenvalue weighted by atomic mass is 10.0. The predicted octanol–water partition coefficient (Wildman–Crippen LogP) is 2.00. The van der Waals surface area contributed by atoms with Crippen molar-refractivity contribution < 1.29 is 9.53 Å². The minimum Gasteiger partial charge on any atom is -0.380 e. The molecule has 0 radical (unpaired) electrons. The molecule has 0 aliphatic heterocycles. The molecular formula is C11H14BrNO2. The first-order valence-corrected chi connectivity index (χ1v) is 5.44. The Kier molecular flexibility index (Phi) is 4.94. The zero-order valence-corrected chi connectivity index (χ0v) is 10.4. The van der Waals surface area contributed by atoms with Gasteiger partial charge in [0.1, 0.15) is 0 Å². The fraction of sp³-hybridized carbons (Fsp3) is 0.364. The Morgan fingerprint density at radius 1 is 1.53 bits per heavy atom. The van der Waals surface area contributed by atoms with E-state index in [4.69, 9.17) is 4.74 Å². The van der Waals surface area contributed by atoms with Gasteiger partial charge in [-0.3, -0.25) is 4.79 Å². The highest BCUT2D eigenvalue weighted by atomic mass is 79.9. The average Bonchev–Trinajstić information content (AvgIpc) is 2.18. The summed E-state index contributed by atoms with van der Waals surface area (Å²) >= 11 is 3.38. The summed E-state index contributed by atoms with van der Waals surface area (Å²) in [6.45, 7) is 0.781. The van der Waals surface area contributed by atoms with Gasteiger partial charge < -0.3 is 10.1 Å². The van der Waals surface area contributed by atoms with Crippen molar-refractivity contribution in [1.82, 2.24) is 5.32 Å². The smallest absolute Gasteiger partial charge is 0.178 e. The first-order chi connectivity index (χ1) is 7.20. The zero-order valence-electron chi connectivity index (χ0n) is 8.84. The number of carbonyl (C=O) groups excluding carboxylic acids is 1. The summed E-state index contributed by atoms with van der Waals surface area (Å²) in [5.41, 5.74) is 1.61. The third-order valence-corrected chi connectivity index (χ3v) is 2.68. The molecule has 0 unspecified atom stereocenters. The van der Waals surface area contributed by atoms with Crippen LogP contribution in [0.2, 0.25) is 0 Å². The number of hydrogen-bond acceptors (Lipinski definition) is 3. The Balaban J connectivity index is 3.06. The largest absolute Gasteiger partial charge is 0.380 e. The highest BCUT2D eigenvalue weighted by molar-refractivity contribution is 9.10. The Bertz CT molecular complexity index is 352. The fourth-order valence-electron chi connectivity index (χ4n) is 1.41. The molecule has 1 rings (SSSR count). The van der Waals surface area contributed by atoms with Gasteiger partial charge in [0.15, 0.2) is 5.78 Å². The molecule has 1 aromatic carbocycles. The monoisotopic (exact) mass is 271 g/mol. The van der Waals surface area contributed by atoms with Gasteiger partial charge in [-0.05, 0) is 18.7 Å². The number of likely N-dealkylation sites (N-methyl/N-ethyl adjacent to an activating group) is 1. The molecule has 0 aliphatic rings. The molecular weight excluding hydrogens is 258 g/mol. The highest BCUT2D eigenvalue weighted by Gasteiger charge is 2.13. The van der Waals surface area contributed by atoms with Crippen molar-refractivity contribution in [3.05, 3.63) is 33.8 Å². The van der Waals surface area contributed by atoms with Crippen LogP contribution in [-0.2, 0) is 11.3 Å². The van der Waals surface area contributed by atoms with E-state index in [2.05, 4.69) is 21.2 Å². The molecule has 0 saturated carbocycles. The first-order valence-electron chi connectivity index (χ1n) is 4.64. The van der Waals surface area contributed by atoms with Crippen molar-refractivity contribution in [3.8, 4) is 0 Å². The third kappa shape index (κ3) is 3.12. The molecule has 0 heterocycles. The molecule has 1 N–H and O–H groups in total. The van der Waals surface area contributed by atoms with Crippen molar-refractivity contribution in [2.75, 3.05) is 20.7 Å². The number of rotatable bonds is 5. The summed E-state index contributed by atoms with van der Waals surface area (Å²) in [5, 5.41) is 2.85. The molecule has 4 heteroatoms. The normalized spacial score (nSPS) is 10.3. The van der Waals surface area contributed by atoms with Gasteiger partial charge in [-0.15, -0.1) is 0 Å². The van der Waals surface area contributed by atoms with E-state index in [-0.39, 0.29) is 5.78 Å². The summed E-state index contributed by atoms with van der Waals surface area (Å²) < 4.78 is 5.88. The maximum atomic E-state index is 11.8. The molecule has 0 bridgehead atoms. The van der Waals surface area contributed by atoms with Crippen LogP contribution in [-0.4, -0.2) is 26.5 Å². The van der Waals surface area contributed by atoms with Gasteiger partial charge in [-0.1, -0.05) is 28.1 Å². The van der Waals surface area contributed by atoms with E-state index in [0.29, 0.717) is 18.7 Å². The summed E-state index contributed by atoms with van der Waals surface area (Å²) in [6, 6.07) is 5.66. The van der Waals surface area contributed by atoms with Crippen LogP contribution in [0.1, 0.15) is 15.9 Å². The number of carbonyl (C=O) groups is 1. The zero-order chi connectivity index (χ0) is 11.3. The van der Waals surface area contributed by atoms with E-state index in [1.807, 2.05) is 18.2 Å². The summed E-state index contributed by atoms with van der Waals surface area (Å²) in [4.78, 5) is 11.8. The second kappa shape index (κ2) is 6.00. The van der Waals surface area contributed by atoms with E-state index in [1.54, 1.807) is 14.2 Å². The van der Waals surface area contributed by atoms with E-state index in [9.17, 15) is 4.79 Å². The number of methoxy groups -OCH3 is 1. The second-order valence-corrected chi connectivity index (χ2v) is 4.01. The van der Waals surface area contributed by atoms with E-state index in [1.165, 1.54) is 0 Å². The minimum absolute atomic E-state index is 0.0667. The lowest BCUT2D eigenvalue weighted by Gasteiger charge is -2.09. The second-order valence-electron chi connectivity index (χ2n) is 3.16. The highest BCUT2D eigenvalue weighted by Crippen LogP contribution is 2.21. The quantitative estimate of drug-likeness (QED) is 0.833. The summed E-state index contributed by atoms with van der Waals surface area (Å²) in [5.74, 6) is 0.0667. The number of ketones is 1. The van der Waals surface area contributed by atoms with E-state index >= 15 is 0 Å². The number of halogens is 1. The Morgan fingerprint density at radius 3 is 2.87 bits per heavy atom. The van der Waals surface area contributed by atoms with Crippen LogP contribution in [0, 0.1) is 0 Å². The topological polar surface area (TPSA) is 38.3 Å². The lowest BCUT2D eigenvalue weighted by Crippen LogP contribution is -2.20. The SMILES string of the molecule is CNCC(=O)c1c(Br)cccc1COC. The number of Topliss-reactive ketones (excluding diaryl/α,β-unsaturated/α-hetero) is 1. The van der Waals surface area contributed by atoms with Crippen LogP contribution in [0.25, 0.3) is 0 Å². The predicted molar refractivity (Wildman–Crippen MR) is 63.1 cm³/mol. The fourth-order valence-corrected chi connectivity index (χ4v) is 2.03. The number of nitrogens with one attached hydrogen (secondary N) is 1. The third-order valence-electron chi connectivity index (χ3n) is 2.02. The average molecular weight is 272 g/mol.